The molecule has 4 atom stereocenters. The van der Waals surface area contributed by atoms with E-state index in [0.29, 0.717) is 41.7 Å². The first kappa shape index (κ1) is 84.8. The van der Waals surface area contributed by atoms with Gasteiger partial charge in [0.1, 0.15) is 28.4 Å². The number of phenolic OH excluding ortho intramolecular Hbond substituents is 1. The Morgan fingerprint density at radius 2 is 0.700 bits per heavy atom. The lowest BCUT2D eigenvalue weighted by atomic mass is 9.49. The standard InChI is InChI=1S/C12H18.C11H16O2.C10H8.C8H5F3O3.C8H8O3.C7H12.C6H6O.C6H6.5C2H4O2/c1-2-8-5-7(1)11-9-3-4-10(6-9)12(8)11;12-10(13)11-4-7-1-8(5-11)3-9(2-7)6-11;1-2-6-10-8-4-3-7-9(10)5-1;9-8(10,11)4-1-2-5(7(13)14)6(12)3-4;1-5-2-3-7(9)6(4-5)8(10)11;1-2-7-4-3-6(1)5-7;7-6-4-2-1-3-5-6;1-2-4-6-5-3-1;5*1-2(3)4/h7-12H,1-6H2;7-9H,1-6H2,(H,12,13);1-8H;1-3,12H,(H,13,14);2-4,9H,1H3,(H,10,11);6-7H,1-5H2;1-5,7H;1-6H;5*1H3,(H,3,4)/p-6. The Hall–Kier alpha value is -9.47. The maximum atomic E-state index is 12.0. The predicted octanol–water partition coefficient (Wildman–Crippen LogP) is 9.44. The largest absolute Gasteiger partial charge is 0.550 e. The van der Waals surface area contributed by atoms with Crippen LogP contribution in [0, 0.1) is 77.4 Å². The zero-order valence-corrected chi connectivity index (χ0v) is 57.4. The number of alkyl halides is 3. The average Bonchev–Trinajstić information content (AvgIpc) is 1.52. The number of carboxylic acids is 8. The second kappa shape index (κ2) is 42.5. The summed E-state index contributed by atoms with van der Waals surface area (Å²) in [5.41, 5.74) is -1.27. The van der Waals surface area contributed by atoms with E-state index in [1.165, 1.54) is 89.5 Å². The van der Waals surface area contributed by atoms with E-state index in [9.17, 15) is 32.7 Å². The summed E-state index contributed by atoms with van der Waals surface area (Å²) in [4.78, 5) is 76.3. The number of hydrogen-bond donors (Lipinski definition) is 5. The van der Waals surface area contributed by atoms with Crippen molar-refractivity contribution in [2.45, 2.75) is 157 Å². The lowest BCUT2D eigenvalue weighted by molar-refractivity contribution is -0.327. The predicted molar refractivity (Wildman–Crippen MR) is 356 cm³/mol. The summed E-state index contributed by atoms with van der Waals surface area (Å²) in [7, 11) is 0. The first-order valence-corrected chi connectivity index (χ1v) is 33.5. The van der Waals surface area contributed by atoms with Gasteiger partial charge >= 0.3 is 18.1 Å². The molecule has 10 aliphatic carbocycles. The van der Waals surface area contributed by atoms with Gasteiger partial charge in [-0.25, -0.2) is 9.59 Å². The second-order valence-electron chi connectivity index (χ2n) is 26.6. The third kappa shape index (κ3) is 31.2. The molecule has 10 aliphatic rings. The van der Waals surface area contributed by atoms with Crippen LogP contribution in [0.3, 0.4) is 0 Å². The number of rotatable bonds is 3. The molecule has 16 rings (SSSR count). The van der Waals surface area contributed by atoms with Crippen LogP contribution in [-0.2, 0) is 34.9 Å². The maximum Gasteiger partial charge on any atom is 0.416 e. The molecule has 10 bridgehead atoms. The Labute approximate surface area is 582 Å². The number of aromatic carboxylic acids is 2. The number of aromatic hydroxyl groups is 3. The highest BCUT2D eigenvalue weighted by Crippen LogP contribution is 2.67. The first-order chi connectivity index (χ1) is 47.0. The molecule has 10 fully saturated rings. The van der Waals surface area contributed by atoms with Crippen LogP contribution in [0.5, 0.6) is 17.2 Å². The van der Waals surface area contributed by atoms with Gasteiger partial charge in [-0.05, 0) is 243 Å². The lowest BCUT2D eigenvalue weighted by Crippen LogP contribution is -2.54. The highest BCUT2D eigenvalue weighted by Gasteiger charge is 2.59. The van der Waals surface area contributed by atoms with Gasteiger partial charge in [0.2, 0.25) is 0 Å². The molecule has 22 heteroatoms. The van der Waals surface area contributed by atoms with Crippen molar-refractivity contribution in [2.75, 3.05) is 0 Å². The summed E-state index contributed by atoms with van der Waals surface area (Å²) in [5, 5.41) is 102. The van der Waals surface area contributed by atoms with Crippen molar-refractivity contribution < 1.29 is 108 Å². The molecule has 5 N–H and O–H groups in total. The molecule has 0 amide bonds. The van der Waals surface area contributed by atoms with E-state index < -0.39 is 76.2 Å². The van der Waals surface area contributed by atoms with Gasteiger partial charge in [0.25, 0.3) is 0 Å². The van der Waals surface area contributed by atoms with Crippen molar-refractivity contribution in [1.82, 2.24) is 0 Å². The minimum Gasteiger partial charge on any atom is -0.550 e. The number of carbonyl (C=O) groups is 8. The van der Waals surface area contributed by atoms with Crippen LogP contribution in [0.1, 0.15) is 176 Å². The number of phenols is 3. The molecule has 100 heavy (non-hydrogen) atoms. The molecule has 0 saturated heterocycles. The molecule has 546 valence electrons. The van der Waals surface area contributed by atoms with E-state index in [4.69, 9.17) is 75.0 Å². The highest BCUT2D eigenvalue weighted by molar-refractivity contribution is 5.91. The van der Waals surface area contributed by atoms with E-state index in [1.54, 1.807) is 108 Å². The molecular formula is C78H93F3O19-6. The summed E-state index contributed by atoms with van der Waals surface area (Å²) < 4.78 is 36.1. The molecule has 0 spiro atoms. The van der Waals surface area contributed by atoms with Gasteiger partial charge in [-0.15, -0.1) is 0 Å². The average molecular weight is 1390 g/mol. The molecule has 0 aromatic heterocycles. The Bertz CT molecular complexity index is 3240. The third-order valence-electron chi connectivity index (χ3n) is 18.8. The number of hydrogen-bond acceptors (Lipinski definition) is 17. The molecule has 4 unspecified atom stereocenters. The van der Waals surface area contributed by atoms with Crippen LogP contribution in [0.2, 0.25) is 0 Å². The maximum absolute atomic E-state index is 12.0. The Kier molecular flexibility index (Phi) is 36.0. The molecule has 6 aromatic rings. The second-order valence-corrected chi connectivity index (χ2v) is 26.6. The number of fused-ring (bicyclic) bond motifs is 12. The number of benzene rings is 6. The highest BCUT2D eigenvalue weighted by atomic mass is 19.4. The van der Waals surface area contributed by atoms with E-state index in [1.807, 2.05) is 42.5 Å². The number of aryl methyl sites for hydroxylation is 1. The van der Waals surface area contributed by atoms with E-state index in [2.05, 4.69) is 48.5 Å². The van der Waals surface area contributed by atoms with Crippen molar-refractivity contribution in [1.29, 1.82) is 0 Å². The van der Waals surface area contributed by atoms with Gasteiger partial charge in [-0.3, -0.25) is 0 Å². The van der Waals surface area contributed by atoms with Gasteiger partial charge < -0.3 is 84.9 Å². The Morgan fingerprint density at radius 3 is 0.950 bits per heavy atom. The summed E-state index contributed by atoms with van der Waals surface area (Å²) in [6, 6.07) is 43.6. The van der Waals surface area contributed by atoms with Gasteiger partial charge in [-0.2, -0.15) is 13.2 Å². The normalized spacial score (nSPS) is 24.1. The van der Waals surface area contributed by atoms with E-state index in [-0.39, 0.29) is 11.3 Å². The molecule has 0 heterocycles. The van der Waals surface area contributed by atoms with Crippen LogP contribution >= 0.6 is 0 Å². The smallest absolute Gasteiger partial charge is 0.416 e. The summed E-state index contributed by atoms with van der Waals surface area (Å²) in [6.45, 7) is 6.63. The quantitative estimate of drug-likeness (QED) is 0.103. The van der Waals surface area contributed by atoms with Crippen LogP contribution in [0.25, 0.3) is 10.8 Å². The zero-order valence-electron chi connectivity index (χ0n) is 57.4. The fourth-order valence-electron chi connectivity index (χ4n) is 15.7. The van der Waals surface area contributed by atoms with E-state index in [0.717, 1.165) is 59.4 Å². The van der Waals surface area contributed by atoms with Crippen molar-refractivity contribution in [3.63, 3.8) is 0 Å². The van der Waals surface area contributed by atoms with Gasteiger partial charge in [-0.1, -0.05) is 140 Å². The van der Waals surface area contributed by atoms with Crippen molar-refractivity contribution >= 4 is 58.5 Å². The minimum atomic E-state index is -4.59. The summed E-state index contributed by atoms with van der Waals surface area (Å²) in [5.74, 6) is 2.25. The first-order valence-electron chi connectivity index (χ1n) is 33.5. The fraction of sp³-hybridized carbons (Fsp3) is 0.462. The van der Waals surface area contributed by atoms with Crippen molar-refractivity contribution in [3.05, 3.63) is 174 Å². The van der Waals surface area contributed by atoms with Gasteiger partial charge in [0.05, 0.1) is 5.56 Å². The summed E-state index contributed by atoms with van der Waals surface area (Å²) in [6.07, 6.45) is 19.6. The van der Waals surface area contributed by atoms with E-state index >= 15 is 0 Å². The van der Waals surface area contributed by atoms with Crippen molar-refractivity contribution in [2.24, 2.45) is 70.5 Å². The van der Waals surface area contributed by atoms with Gasteiger partial charge in [0.15, 0.2) is 0 Å². The molecule has 6 aromatic carbocycles. The molecular weight excluding hydrogens is 1300 g/mol. The Morgan fingerprint density at radius 1 is 0.390 bits per heavy atom. The minimum absolute atomic E-state index is 0.0509. The topological polar surface area (TPSA) is 376 Å². The van der Waals surface area contributed by atoms with Crippen LogP contribution < -0.4 is 30.6 Å². The SMILES string of the molecule is C1CC2CC1C1C3CCC(C3)C21.C1CC2CCC1C2.CC(=O)[O-].CC(=O)[O-].CC(=O)[O-].CC(=O)[O-].CC(=O)[O-].Cc1ccc(O)c(C(=O)O)c1.O=C(O)c1ccc(C(F)(F)F)cc1O.O=C([O-])C12CC3CC(CC(C3)C1)C2.Oc1ccccc1.c1ccc2ccccc2c1.c1ccccc1. The lowest BCUT2D eigenvalue weighted by Gasteiger charge is -2.57. The molecule has 10 saturated carbocycles. The van der Waals surface area contributed by atoms with Gasteiger partial charge in [0, 0.05) is 41.2 Å². The van der Waals surface area contributed by atoms with Crippen LogP contribution in [0.4, 0.5) is 13.2 Å². The number of halogens is 3. The number of aliphatic carboxylic acids is 6. The van der Waals surface area contributed by atoms with Crippen LogP contribution in [-0.4, -0.2) is 73.3 Å². The monoisotopic (exact) mass is 1390 g/mol. The number of carboxylic acid groups (broad SMARTS) is 8. The Balaban J connectivity index is 0.000000289. The number of para-hydroxylation sites is 1. The molecule has 0 radical (unpaired) electrons. The van der Waals surface area contributed by atoms with Crippen LogP contribution in [0.15, 0.2) is 152 Å². The zero-order chi connectivity index (χ0) is 74.9. The number of carbonyl (C=O) groups excluding carboxylic acids is 6. The summed E-state index contributed by atoms with van der Waals surface area (Å²) >= 11 is 0. The molecule has 19 nitrogen and oxygen atoms in total. The molecule has 0 aliphatic heterocycles. The van der Waals surface area contributed by atoms with Crippen molar-refractivity contribution in [3.8, 4) is 17.2 Å². The third-order valence-corrected chi connectivity index (χ3v) is 18.8. The fourth-order valence-corrected chi connectivity index (χ4v) is 15.7.